The molecule has 0 atom stereocenters. The summed E-state index contributed by atoms with van der Waals surface area (Å²) in [6.45, 7) is 6.15. The Morgan fingerprint density at radius 2 is 2.00 bits per heavy atom. The van der Waals surface area contributed by atoms with Gasteiger partial charge in [-0.2, -0.15) is 0 Å². The Bertz CT molecular complexity index is 327. The average Bonchev–Trinajstić information content (AvgIpc) is 2.80. The van der Waals surface area contributed by atoms with Crippen molar-refractivity contribution in [3.8, 4) is 0 Å². The zero-order valence-electron chi connectivity index (χ0n) is 10.8. The van der Waals surface area contributed by atoms with E-state index >= 15 is 0 Å². The summed E-state index contributed by atoms with van der Waals surface area (Å²) in [6.07, 6.45) is 5.41. The zero-order chi connectivity index (χ0) is 12.1. The number of nitrogens with two attached hydrogens (primary N) is 1. The van der Waals surface area contributed by atoms with E-state index in [4.69, 9.17) is 10.2 Å². The highest BCUT2D eigenvalue weighted by Gasteiger charge is 2.19. The lowest BCUT2D eigenvalue weighted by molar-refractivity contribution is 0.161. The Kier molecular flexibility index (Phi) is 4.63. The van der Waals surface area contributed by atoms with E-state index in [1.54, 1.807) is 0 Å². The van der Waals surface area contributed by atoms with E-state index < -0.39 is 0 Å². The van der Waals surface area contributed by atoms with Crippen molar-refractivity contribution in [2.24, 2.45) is 11.7 Å². The second kappa shape index (κ2) is 6.22. The van der Waals surface area contributed by atoms with Gasteiger partial charge in [-0.15, -0.1) is 0 Å². The van der Waals surface area contributed by atoms with Crippen molar-refractivity contribution < 1.29 is 4.42 Å². The Balaban J connectivity index is 1.77. The van der Waals surface area contributed by atoms with E-state index in [-0.39, 0.29) is 0 Å². The molecule has 1 aliphatic rings. The van der Waals surface area contributed by atoms with Crippen LogP contribution in [0, 0.1) is 5.92 Å². The highest BCUT2D eigenvalue weighted by molar-refractivity contribution is 5.06. The van der Waals surface area contributed by atoms with Gasteiger partial charge in [0, 0.05) is 0 Å². The lowest BCUT2D eigenvalue weighted by Crippen LogP contribution is -2.33. The fourth-order valence-corrected chi connectivity index (χ4v) is 2.68. The normalized spacial score (nSPS) is 18.7. The quantitative estimate of drug-likeness (QED) is 0.854. The van der Waals surface area contributed by atoms with Crippen molar-refractivity contribution in [2.45, 2.75) is 45.7 Å². The molecule has 17 heavy (non-hydrogen) atoms. The van der Waals surface area contributed by atoms with E-state index in [2.05, 4.69) is 17.9 Å². The second-order valence-electron chi connectivity index (χ2n) is 5.08. The molecule has 0 unspecified atom stereocenters. The lowest BCUT2D eigenvalue weighted by atomic mass is 9.92. The molecular formula is C14H24N2O. The van der Waals surface area contributed by atoms with Crippen LogP contribution in [-0.2, 0) is 13.1 Å². The van der Waals surface area contributed by atoms with Crippen LogP contribution in [-0.4, -0.2) is 18.0 Å². The first-order valence-corrected chi connectivity index (χ1v) is 6.81. The van der Waals surface area contributed by atoms with Gasteiger partial charge in [0.25, 0.3) is 0 Å². The summed E-state index contributed by atoms with van der Waals surface area (Å²) < 4.78 is 5.64. The summed E-state index contributed by atoms with van der Waals surface area (Å²) in [5, 5.41) is 0. The van der Waals surface area contributed by atoms with Crippen LogP contribution in [0.5, 0.6) is 0 Å². The van der Waals surface area contributed by atoms with Crippen LogP contribution in [0.1, 0.15) is 44.1 Å². The van der Waals surface area contributed by atoms with E-state index in [0.717, 1.165) is 24.0 Å². The van der Waals surface area contributed by atoms with E-state index in [1.165, 1.54) is 38.8 Å². The Morgan fingerprint density at radius 1 is 1.29 bits per heavy atom. The van der Waals surface area contributed by atoms with Crippen molar-refractivity contribution in [3.63, 3.8) is 0 Å². The summed E-state index contributed by atoms with van der Waals surface area (Å²) in [5.41, 5.74) is 5.54. The lowest BCUT2D eigenvalue weighted by Gasteiger charge is -2.31. The SMILES string of the molecule is CCCC1CCN(Cc2ccc(CN)o2)CC1. The number of rotatable bonds is 5. The minimum Gasteiger partial charge on any atom is -0.463 e. The van der Waals surface area contributed by atoms with Crippen molar-refractivity contribution in [2.75, 3.05) is 13.1 Å². The summed E-state index contributed by atoms with van der Waals surface area (Å²) in [4.78, 5) is 2.49. The average molecular weight is 236 g/mol. The predicted octanol–water partition coefficient (Wildman–Crippen LogP) is 2.75. The highest BCUT2D eigenvalue weighted by atomic mass is 16.3. The number of piperidine rings is 1. The summed E-state index contributed by atoms with van der Waals surface area (Å²) in [6, 6.07) is 4.04. The van der Waals surface area contributed by atoms with Gasteiger partial charge in [-0.05, 0) is 44.0 Å². The third kappa shape index (κ3) is 3.58. The van der Waals surface area contributed by atoms with Gasteiger partial charge in [0.05, 0.1) is 13.1 Å². The van der Waals surface area contributed by atoms with Crippen LogP contribution in [0.15, 0.2) is 16.5 Å². The minimum atomic E-state index is 0.499. The smallest absolute Gasteiger partial charge is 0.118 e. The first kappa shape index (κ1) is 12.7. The largest absolute Gasteiger partial charge is 0.463 e. The summed E-state index contributed by atoms with van der Waals surface area (Å²) in [7, 11) is 0. The highest BCUT2D eigenvalue weighted by Crippen LogP contribution is 2.23. The van der Waals surface area contributed by atoms with Gasteiger partial charge in [0.1, 0.15) is 11.5 Å². The van der Waals surface area contributed by atoms with Crippen LogP contribution >= 0.6 is 0 Å². The van der Waals surface area contributed by atoms with Crippen molar-refractivity contribution in [1.82, 2.24) is 4.90 Å². The monoisotopic (exact) mass is 236 g/mol. The third-order valence-corrected chi connectivity index (χ3v) is 3.70. The van der Waals surface area contributed by atoms with E-state index in [0.29, 0.717) is 6.54 Å². The second-order valence-corrected chi connectivity index (χ2v) is 5.08. The van der Waals surface area contributed by atoms with Gasteiger partial charge in [0.2, 0.25) is 0 Å². The first-order valence-electron chi connectivity index (χ1n) is 6.81. The van der Waals surface area contributed by atoms with Gasteiger partial charge in [-0.1, -0.05) is 19.8 Å². The molecule has 1 fully saturated rings. The number of nitrogens with zero attached hydrogens (tertiary/aromatic N) is 1. The van der Waals surface area contributed by atoms with Gasteiger partial charge in [-0.3, -0.25) is 4.90 Å². The predicted molar refractivity (Wildman–Crippen MR) is 69.5 cm³/mol. The Morgan fingerprint density at radius 3 is 2.59 bits per heavy atom. The third-order valence-electron chi connectivity index (χ3n) is 3.70. The molecule has 2 N–H and O–H groups in total. The van der Waals surface area contributed by atoms with Gasteiger partial charge >= 0.3 is 0 Å². The standard InChI is InChI=1S/C14H24N2O/c1-2-3-12-6-8-16(9-7-12)11-14-5-4-13(10-15)17-14/h4-5,12H,2-3,6-11,15H2,1H3. The fraction of sp³-hybridized carbons (Fsp3) is 0.714. The molecule has 2 heterocycles. The summed E-state index contributed by atoms with van der Waals surface area (Å²) in [5.74, 6) is 2.90. The van der Waals surface area contributed by atoms with Crippen LogP contribution in [0.3, 0.4) is 0 Å². The van der Waals surface area contributed by atoms with Crippen molar-refractivity contribution >= 4 is 0 Å². The number of likely N-dealkylation sites (tertiary alicyclic amines) is 1. The van der Waals surface area contributed by atoms with Crippen LogP contribution < -0.4 is 5.73 Å². The van der Waals surface area contributed by atoms with Gasteiger partial charge < -0.3 is 10.2 Å². The zero-order valence-corrected chi connectivity index (χ0v) is 10.8. The molecule has 1 aromatic rings. The van der Waals surface area contributed by atoms with Crippen LogP contribution in [0.25, 0.3) is 0 Å². The van der Waals surface area contributed by atoms with E-state index in [1.807, 2.05) is 6.07 Å². The molecule has 0 aromatic carbocycles. The Labute approximate surface area is 104 Å². The molecule has 0 saturated carbocycles. The topological polar surface area (TPSA) is 42.4 Å². The Hall–Kier alpha value is -0.800. The molecule has 0 amide bonds. The maximum absolute atomic E-state index is 5.64. The molecule has 0 bridgehead atoms. The molecule has 1 aliphatic heterocycles. The number of hydrogen-bond donors (Lipinski definition) is 1. The number of furan rings is 1. The van der Waals surface area contributed by atoms with Crippen molar-refractivity contribution in [3.05, 3.63) is 23.7 Å². The molecule has 0 aliphatic carbocycles. The maximum Gasteiger partial charge on any atom is 0.118 e. The molecule has 0 radical (unpaired) electrons. The molecule has 3 nitrogen and oxygen atoms in total. The van der Waals surface area contributed by atoms with Crippen molar-refractivity contribution in [1.29, 1.82) is 0 Å². The molecular weight excluding hydrogens is 212 g/mol. The molecule has 1 aromatic heterocycles. The van der Waals surface area contributed by atoms with Gasteiger partial charge in [-0.25, -0.2) is 0 Å². The molecule has 1 saturated heterocycles. The minimum absolute atomic E-state index is 0.499. The van der Waals surface area contributed by atoms with Crippen LogP contribution in [0.4, 0.5) is 0 Å². The maximum atomic E-state index is 5.64. The number of hydrogen-bond acceptors (Lipinski definition) is 3. The molecule has 3 heteroatoms. The summed E-state index contributed by atoms with van der Waals surface area (Å²) >= 11 is 0. The molecule has 0 spiro atoms. The van der Waals surface area contributed by atoms with Gasteiger partial charge in [0.15, 0.2) is 0 Å². The van der Waals surface area contributed by atoms with Crippen LogP contribution in [0.2, 0.25) is 0 Å². The molecule has 96 valence electrons. The first-order chi connectivity index (χ1) is 8.31. The van der Waals surface area contributed by atoms with E-state index in [9.17, 15) is 0 Å². The fourth-order valence-electron chi connectivity index (χ4n) is 2.68. The molecule has 2 rings (SSSR count).